The summed E-state index contributed by atoms with van der Waals surface area (Å²) in [5.74, 6) is 1.23. The molecule has 2 saturated heterocycles. The molecule has 0 N–H and O–H groups in total. The number of carbonyl (C=O) groups excluding carboxylic acids is 1. The molecular formula is C16H19N3O2S. The number of piperazine rings is 1. The Labute approximate surface area is 133 Å². The van der Waals surface area contributed by atoms with E-state index in [2.05, 4.69) is 27.5 Å². The van der Waals surface area contributed by atoms with Crippen LogP contribution in [0.15, 0.2) is 24.3 Å². The number of ether oxygens (including phenoxy) is 1. The van der Waals surface area contributed by atoms with Gasteiger partial charge in [0, 0.05) is 38.2 Å². The number of fused-ring (bicyclic) bond motifs is 1. The summed E-state index contributed by atoms with van der Waals surface area (Å²) in [4.78, 5) is 16.6. The second-order valence-electron chi connectivity index (χ2n) is 5.82. The minimum absolute atomic E-state index is 0.167. The van der Waals surface area contributed by atoms with Crippen molar-refractivity contribution >= 4 is 33.3 Å². The molecule has 1 aromatic heterocycles. The van der Waals surface area contributed by atoms with E-state index in [-0.39, 0.29) is 12.0 Å². The number of benzene rings is 1. The van der Waals surface area contributed by atoms with Crippen molar-refractivity contribution in [3.05, 3.63) is 24.3 Å². The Morgan fingerprint density at radius 1 is 1.23 bits per heavy atom. The fourth-order valence-corrected chi connectivity index (χ4v) is 4.01. The number of amides is 1. The summed E-state index contributed by atoms with van der Waals surface area (Å²) in [5, 5.41) is 1.21. The van der Waals surface area contributed by atoms with E-state index >= 15 is 0 Å². The van der Waals surface area contributed by atoms with E-state index in [0.29, 0.717) is 0 Å². The number of aromatic nitrogens is 1. The van der Waals surface area contributed by atoms with Gasteiger partial charge in [-0.25, -0.2) is 0 Å². The van der Waals surface area contributed by atoms with Gasteiger partial charge >= 0.3 is 0 Å². The SMILES string of the molecule is O=C(C1CCCO1)N1CCN(c2nsc3ccccc23)CC1. The molecule has 2 aliphatic heterocycles. The van der Waals surface area contributed by atoms with Crippen LogP contribution in [0, 0.1) is 0 Å². The highest BCUT2D eigenvalue weighted by Gasteiger charge is 2.30. The molecule has 0 radical (unpaired) electrons. The molecule has 0 bridgehead atoms. The predicted octanol–water partition coefficient (Wildman–Crippen LogP) is 2.12. The van der Waals surface area contributed by atoms with E-state index in [4.69, 9.17) is 4.74 Å². The van der Waals surface area contributed by atoms with Crippen LogP contribution in [-0.4, -0.2) is 54.1 Å². The van der Waals surface area contributed by atoms with Crippen molar-refractivity contribution in [3.63, 3.8) is 0 Å². The number of hydrogen-bond acceptors (Lipinski definition) is 5. The van der Waals surface area contributed by atoms with Crippen molar-refractivity contribution in [2.24, 2.45) is 0 Å². The van der Waals surface area contributed by atoms with Crippen LogP contribution in [0.25, 0.3) is 10.1 Å². The van der Waals surface area contributed by atoms with Gasteiger partial charge in [-0.1, -0.05) is 12.1 Å². The first-order valence-corrected chi connectivity index (χ1v) is 8.60. The van der Waals surface area contributed by atoms with Crippen molar-refractivity contribution in [1.29, 1.82) is 0 Å². The minimum atomic E-state index is -0.202. The Kier molecular flexibility index (Phi) is 3.72. The fourth-order valence-electron chi connectivity index (χ4n) is 3.22. The lowest BCUT2D eigenvalue weighted by atomic mass is 10.2. The summed E-state index contributed by atoms with van der Waals surface area (Å²) in [6, 6.07) is 8.33. The van der Waals surface area contributed by atoms with Gasteiger partial charge in [-0.15, -0.1) is 0 Å². The van der Waals surface area contributed by atoms with Crippen molar-refractivity contribution in [2.45, 2.75) is 18.9 Å². The quantitative estimate of drug-likeness (QED) is 0.851. The lowest BCUT2D eigenvalue weighted by Gasteiger charge is -2.36. The lowest BCUT2D eigenvalue weighted by Crippen LogP contribution is -2.51. The molecule has 2 aromatic rings. The van der Waals surface area contributed by atoms with Gasteiger partial charge in [0.1, 0.15) is 11.9 Å². The molecule has 4 rings (SSSR count). The normalized spacial score (nSPS) is 22.5. The second-order valence-corrected chi connectivity index (χ2v) is 6.62. The maximum Gasteiger partial charge on any atom is 0.251 e. The van der Waals surface area contributed by atoms with Gasteiger partial charge in [0.15, 0.2) is 0 Å². The zero-order valence-electron chi connectivity index (χ0n) is 12.4. The first-order valence-electron chi connectivity index (χ1n) is 7.83. The monoisotopic (exact) mass is 317 g/mol. The molecule has 1 unspecified atom stereocenters. The fraction of sp³-hybridized carbons (Fsp3) is 0.500. The van der Waals surface area contributed by atoms with Crippen LogP contribution in [-0.2, 0) is 9.53 Å². The topological polar surface area (TPSA) is 45.7 Å². The zero-order chi connectivity index (χ0) is 14.9. The molecule has 3 heterocycles. The highest BCUT2D eigenvalue weighted by molar-refractivity contribution is 7.13. The van der Waals surface area contributed by atoms with Crippen LogP contribution >= 0.6 is 11.5 Å². The molecule has 0 saturated carbocycles. The maximum absolute atomic E-state index is 12.4. The zero-order valence-corrected chi connectivity index (χ0v) is 13.2. The standard InChI is InChI=1S/C16H19N3O2S/c20-16(13-5-3-11-21-13)19-9-7-18(8-10-19)15-12-4-1-2-6-14(12)22-17-15/h1-2,4,6,13H,3,5,7-11H2. The van der Waals surface area contributed by atoms with E-state index in [1.54, 1.807) is 11.5 Å². The van der Waals surface area contributed by atoms with Crippen LogP contribution < -0.4 is 4.90 Å². The van der Waals surface area contributed by atoms with E-state index in [0.717, 1.165) is 51.4 Å². The third kappa shape index (κ3) is 2.46. The predicted molar refractivity (Wildman–Crippen MR) is 87.4 cm³/mol. The number of anilines is 1. The van der Waals surface area contributed by atoms with Gasteiger partial charge in [0.25, 0.3) is 5.91 Å². The summed E-state index contributed by atoms with van der Waals surface area (Å²) < 4.78 is 11.3. The highest BCUT2D eigenvalue weighted by Crippen LogP contribution is 2.30. The van der Waals surface area contributed by atoms with Crippen molar-refractivity contribution < 1.29 is 9.53 Å². The van der Waals surface area contributed by atoms with Crippen LogP contribution in [0.1, 0.15) is 12.8 Å². The van der Waals surface area contributed by atoms with E-state index in [1.165, 1.54) is 10.1 Å². The summed E-state index contributed by atoms with van der Waals surface area (Å²) >= 11 is 1.54. The molecule has 0 spiro atoms. The smallest absolute Gasteiger partial charge is 0.251 e. The van der Waals surface area contributed by atoms with Crippen molar-refractivity contribution in [2.75, 3.05) is 37.7 Å². The minimum Gasteiger partial charge on any atom is -0.368 e. The van der Waals surface area contributed by atoms with Crippen molar-refractivity contribution in [1.82, 2.24) is 9.27 Å². The third-order valence-electron chi connectivity index (χ3n) is 4.45. The summed E-state index contributed by atoms with van der Waals surface area (Å²) in [7, 11) is 0. The molecule has 2 fully saturated rings. The summed E-state index contributed by atoms with van der Waals surface area (Å²) in [6.45, 7) is 3.91. The van der Waals surface area contributed by atoms with E-state index < -0.39 is 0 Å². The first kappa shape index (κ1) is 14.0. The average Bonchev–Trinajstić information content (AvgIpc) is 3.24. The van der Waals surface area contributed by atoms with E-state index in [9.17, 15) is 4.79 Å². The number of carbonyl (C=O) groups is 1. The molecule has 22 heavy (non-hydrogen) atoms. The average molecular weight is 317 g/mol. The highest BCUT2D eigenvalue weighted by atomic mass is 32.1. The van der Waals surface area contributed by atoms with E-state index in [1.807, 2.05) is 11.0 Å². The Morgan fingerprint density at radius 3 is 2.82 bits per heavy atom. The number of hydrogen-bond donors (Lipinski definition) is 0. The first-order chi connectivity index (χ1) is 10.8. The van der Waals surface area contributed by atoms with Crippen LogP contribution in [0.4, 0.5) is 5.82 Å². The molecule has 0 aliphatic carbocycles. The lowest BCUT2D eigenvalue weighted by molar-refractivity contribution is -0.141. The Morgan fingerprint density at radius 2 is 2.05 bits per heavy atom. The Bertz CT molecular complexity index is 673. The molecule has 116 valence electrons. The molecule has 1 aromatic carbocycles. The maximum atomic E-state index is 12.4. The van der Waals surface area contributed by atoms with Gasteiger partial charge in [0.2, 0.25) is 0 Å². The molecular weight excluding hydrogens is 298 g/mol. The summed E-state index contributed by atoms with van der Waals surface area (Å²) in [6.07, 6.45) is 1.67. The Hall–Kier alpha value is -1.66. The number of rotatable bonds is 2. The second kappa shape index (κ2) is 5.85. The van der Waals surface area contributed by atoms with Gasteiger partial charge in [0.05, 0.1) is 4.70 Å². The van der Waals surface area contributed by atoms with Crippen molar-refractivity contribution in [3.8, 4) is 0 Å². The molecule has 6 heteroatoms. The Balaban J connectivity index is 1.44. The molecule has 1 amide bonds. The third-order valence-corrected chi connectivity index (χ3v) is 5.27. The van der Waals surface area contributed by atoms with Crippen LogP contribution in [0.3, 0.4) is 0 Å². The van der Waals surface area contributed by atoms with Crippen LogP contribution in [0.2, 0.25) is 0 Å². The summed E-state index contributed by atoms with van der Waals surface area (Å²) in [5.41, 5.74) is 0. The molecule has 1 atom stereocenters. The van der Waals surface area contributed by atoms with Gasteiger partial charge in [-0.2, -0.15) is 4.37 Å². The van der Waals surface area contributed by atoms with Gasteiger partial charge < -0.3 is 14.5 Å². The molecule has 2 aliphatic rings. The van der Waals surface area contributed by atoms with Gasteiger partial charge in [-0.05, 0) is 36.5 Å². The largest absolute Gasteiger partial charge is 0.368 e. The molecule has 5 nitrogen and oxygen atoms in total. The van der Waals surface area contributed by atoms with Gasteiger partial charge in [-0.3, -0.25) is 4.79 Å². The number of nitrogens with zero attached hydrogens (tertiary/aromatic N) is 3. The van der Waals surface area contributed by atoms with Crippen LogP contribution in [0.5, 0.6) is 0 Å².